The second-order valence-electron chi connectivity index (χ2n) is 7.40. The molecule has 164 valence electrons. The van der Waals surface area contributed by atoms with E-state index in [4.69, 9.17) is 0 Å². The maximum Gasteiger partial charge on any atom is 0.573 e. The number of aromatic nitrogens is 3. The smallest absolute Gasteiger partial charge is 0.481 e. The van der Waals surface area contributed by atoms with Gasteiger partial charge in [-0.2, -0.15) is 0 Å². The summed E-state index contributed by atoms with van der Waals surface area (Å²) in [5.74, 6) is -0.760. The molecular weight excluding hydrogens is 415 g/mol. The van der Waals surface area contributed by atoms with Crippen molar-refractivity contribution in [3.63, 3.8) is 0 Å². The molecule has 31 heavy (non-hydrogen) atoms. The van der Waals surface area contributed by atoms with Crippen molar-refractivity contribution in [2.45, 2.75) is 19.2 Å². The number of anilines is 1. The molecule has 3 aromatic rings. The van der Waals surface area contributed by atoms with Gasteiger partial charge in [0.25, 0.3) is 0 Å². The van der Waals surface area contributed by atoms with Crippen LogP contribution in [-0.2, 0) is 4.79 Å². The minimum atomic E-state index is -4.79. The number of rotatable bonds is 6. The van der Waals surface area contributed by atoms with Gasteiger partial charge in [0.1, 0.15) is 11.6 Å². The van der Waals surface area contributed by atoms with Crippen LogP contribution in [0.25, 0.3) is 16.9 Å². The number of hydrogen-bond donors (Lipinski definition) is 3. The molecule has 0 saturated carbocycles. The summed E-state index contributed by atoms with van der Waals surface area (Å²) in [6.45, 7) is 1.46. The zero-order valence-corrected chi connectivity index (χ0v) is 16.3. The highest BCUT2D eigenvalue weighted by atomic mass is 19.4. The van der Waals surface area contributed by atoms with Gasteiger partial charge >= 0.3 is 12.3 Å². The maximum atomic E-state index is 12.5. The number of ether oxygens (including phenoxy) is 1. The molecule has 0 spiro atoms. The highest BCUT2D eigenvalue weighted by molar-refractivity contribution is 5.75. The lowest BCUT2D eigenvalue weighted by Crippen LogP contribution is -2.46. The molecule has 0 unspecified atom stereocenters. The predicted molar refractivity (Wildman–Crippen MR) is 106 cm³/mol. The first-order valence-electron chi connectivity index (χ1n) is 9.65. The lowest BCUT2D eigenvalue weighted by atomic mass is 9.79. The van der Waals surface area contributed by atoms with Gasteiger partial charge in [0.05, 0.1) is 17.3 Å². The summed E-state index contributed by atoms with van der Waals surface area (Å²) in [6, 6.07) is 8.93. The number of nitrogens with one attached hydrogen (secondary N) is 2. The zero-order chi connectivity index (χ0) is 22.1. The Morgan fingerprint density at radius 1 is 1.26 bits per heavy atom. The van der Waals surface area contributed by atoms with Crippen LogP contribution in [0.3, 0.4) is 0 Å². The second-order valence-corrected chi connectivity index (χ2v) is 7.40. The van der Waals surface area contributed by atoms with Crippen molar-refractivity contribution < 1.29 is 27.8 Å². The number of carboxylic acid groups (broad SMARTS) is 1. The second kappa shape index (κ2) is 8.06. The van der Waals surface area contributed by atoms with Crippen LogP contribution in [0.15, 0.2) is 42.6 Å². The van der Waals surface area contributed by atoms with E-state index < -0.39 is 17.7 Å². The Bertz CT molecular complexity index is 1090. The van der Waals surface area contributed by atoms with Crippen molar-refractivity contribution in [2.75, 3.05) is 25.0 Å². The van der Waals surface area contributed by atoms with Gasteiger partial charge in [-0.25, -0.2) is 9.50 Å². The number of alkyl halides is 3. The Balaban J connectivity index is 1.60. The molecule has 1 aliphatic heterocycles. The SMILES string of the molecule is O=C(O)C1(CNc2ccc3ncc(-c4cccc(OC(F)(F)F)c4)n3n2)CCNCC1. The summed E-state index contributed by atoms with van der Waals surface area (Å²) in [4.78, 5) is 16.1. The fourth-order valence-corrected chi connectivity index (χ4v) is 3.65. The topological polar surface area (TPSA) is 101 Å². The van der Waals surface area contributed by atoms with Crippen LogP contribution < -0.4 is 15.4 Å². The quantitative estimate of drug-likeness (QED) is 0.547. The monoisotopic (exact) mass is 435 g/mol. The lowest BCUT2D eigenvalue weighted by molar-refractivity contribution is -0.274. The first kappa shape index (κ1) is 20.9. The third kappa shape index (κ3) is 4.55. The van der Waals surface area contributed by atoms with E-state index in [1.165, 1.54) is 28.9 Å². The minimum Gasteiger partial charge on any atom is -0.481 e. The first-order valence-corrected chi connectivity index (χ1v) is 9.65. The van der Waals surface area contributed by atoms with Crippen LogP contribution in [0, 0.1) is 5.41 Å². The van der Waals surface area contributed by atoms with Crippen molar-refractivity contribution in [2.24, 2.45) is 5.41 Å². The summed E-state index contributed by atoms with van der Waals surface area (Å²) in [6.07, 6.45) is -2.29. The van der Waals surface area contributed by atoms with Crippen LogP contribution in [0.5, 0.6) is 5.75 Å². The van der Waals surface area contributed by atoms with Crippen molar-refractivity contribution in [1.29, 1.82) is 0 Å². The van der Waals surface area contributed by atoms with Gasteiger partial charge in [0.15, 0.2) is 5.65 Å². The Labute approximate surface area is 175 Å². The van der Waals surface area contributed by atoms with E-state index in [-0.39, 0.29) is 12.3 Å². The largest absolute Gasteiger partial charge is 0.573 e. The minimum absolute atomic E-state index is 0.210. The van der Waals surface area contributed by atoms with Crippen LogP contribution in [0.2, 0.25) is 0 Å². The number of carboxylic acids is 1. The summed E-state index contributed by atoms with van der Waals surface area (Å²) in [5, 5.41) is 20.4. The van der Waals surface area contributed by atoms with Crippen molar-refractivity contribution in [1.82, 2.24) is 19.9 Å². The molecule has 1 saturated heterocycles. The van der Waals surface area contributed by atoms with Gasteiger partial charge in [-0.1, -0.05) is 12.1 Å². The number of imidazole rings is 1. The molecule has 8 nitrogen and oxygen atoms in total. The third-order valence-corrected chi connectivity index (χ3v) is 5.35. The van der Waals surface area contributed by atoms with Crippen LogP contribution in [0.4, 0.5) is 19.0 Å². The molecule has 0 bridgehead atoms. The fraction of sp³-hybridized carbons (Fsp3) is 0.350. The lowest BCUT2D eigenvalue weighted by Gasteiger charge is -2.33. The third-order valence-electron chi connectivity index (χ3n) is 5.35. The van der Waals surface area contributed by atoms with Crippen LogP contribution in [-0.4, -0.2) is 51.7 Å². The van der Waals surface area contributed by atoms with Crippen LogP contribution >= 0.6 is 0 Å². The number of halogens is 3. The van der Waals surface area contributed by atoms with Crippen molar-refractivity contribution in [3.8, 4) is 17.0 Å². The van der Waals surface area contributed by atoms with E-state index >= 15 is 0 Å². The zero-order valence-electron chi connectivity index (χ0n) is 16.3. The van der Waals surface area contributed by atoms with Gasteiger partial charge in [-0.15, -0.1) is 18.3 Å². The number of benzene rings is 1. The van der Waals surface area contributed by atoms with E-state index in [1.54, 1.807) is 18.2 Å². The number of fused-ring (bicyclic) bond motifs is 1. The van der Waals surface area contributed by atoms with E-state index in [2.05, 4.69) is 25.5 Å². The van der Waals surface area contributed by atoms with Gasteiger partial charge in [0.2, 0.25) is 0 Å². The number of carbonyl (C=O) groups is 1. The molecule has 1 aromatic carbocycles. The van der Waals surface area contributed by atoms with Crippen LogP contribution in [0.1, 0.15) is 12.8 Å². The average Bonchev–Trinajstić information content (AvgIpc) is 3.15. The van der Waals surface area contributed by atoms with Gasteiger partial charge in [0, 0.05) is 12.1 Å². The van der Waals surface area contributed by atoms with E-state index in [1.807, 2.05) is 0 Å². The Morgan fingerprint density at radius 3 is 2.74 bits per heavy atom. The molecule has 0 aliphatic carbocycles. The highest BCUT2D eigenvalue weighted by Crippen LogP contribution is 2.30. The number of hydrogen-bond acceptors (Lipinski definition) is 6. The van der Waals surface area contributed by atoms with Gasteiger partial charge in [-0.3, -0.25) is 4.79 Å². The first-order chi connectivity index (χ1) is 14.8. The van der Waals surface area contributed by atoms with Gasteiger partial charge < -0.3 is 20.5 Å². The molecule has 2 aromatic heterocycles. The molecule has 3 N–H and O–H groups in total. The molecule has 1 aliphatic rings. The van der Waals surface area contributed by atoms with E-state index in [0.29, 0.717) is 48.7 Å². The number of nitrogens with zero attached hydrogens (tertiary/aromatic N) is 3. The number of aliphatic carboxylic acids is 1. The Hall–Kier alpha value is -3.34. The summed E-state index contributed by atoms with van der Waals surface area (Å²) >= 11 is 0. The molecule has 0 amide bonds. The average molecular weight is 435 g/mol. The predicted octanol–water partition coefficient (Wildman–Crippen LogP) is 3.16. The Kier molecular flexibility index (Phi) is 5.44. The normalized spacial score (nSPS) is 16.2. The summed E-state index contributed by atoms with van der Waals surface area (Å²) in [5.41, 5.74) is 0.529. The molecule has 0 atom stereocenters. The van der Waals surface area contributed by atoms with Gasteiger partial charge in [-0.05, 0) is 50.2 Å². The molecule has 11 heteroatoms. The van der Waals surface area contributed by atoms with Crippen molar-refractivity contribution in [3.05, 3.63) is 42.6 Å². The summed E-state index contributed by atoms with van der Waals surface area (Å²) < 4.78 is 43.1. The summed E-state index contributed by atoms with van der Waals surface area (Å²) in [7, 11) is 0. The van der Waals surface area contributed by atoms with E-state index in [9.17, 15) is 23.1 Å². The highest BCUT2D eigenvalue weighted by Gasteiger charge is 2.39. The molecular formula is C20H20F3N5O3. The molecule has 4 rings (SSSR count). The molecule has 3 heterocycles. The molecule has 0 radical (unpaired) electrons. The standard InChI is InChI=1S/C20H20F3N5O3/c21-20(22,23)31-14-3-1-2-13(10-14)15-11-25-17-5-4-16(27-28(15)17)26-12-19(18(29)30)6-8-24-9-7-19/h1-5,10-11,24H,6-9,12H2,(H,26,27)(H,29,30). The van der Waals surface area contributed by atoms with E-state index in [0.717, 1.165) is 0 Å². The number of piperidine rings is 1. The Morgan fingerprint density at radius 2 is 2.03 bits per heavy atom. The molecule has 1 fully saturated rings. The maximum absolute atomic E-state index is 12.5. The fourth-order valence-electron chi connectivity index (χ4n) is 3.65. The van der Waals surface area contributed by atoms with Crippen molar-refractivity contribution >= 4 is 17.4 Å².